The zero-order chi connectivity index (χ0) is 24.5. The maximum Gasteiger partial charge on any atom is 0.209 e. The normalized spacial score (nSPS) is 19.6. The van der Waals surface area contributed by atoms with Gasteiger partial charge in [0.25, 0.3) is 0 Å². The molecule has 1 fully saturated rings. The van der Waals surface area contributed by atoms with Gasteiger partial charge in [-0.15, -0.1) is 11.3 Å². The maximum absolute atomic E-state index is 6.10. The molecule has 1 saturated heterocycles. The third-order valence-electron chi connectivity index (χ3n) is 5.91. The summed E-state index contributed by atoms with van der Waals surface area (Å²) in [6, 6.07) is 25.5. The molecule has 36 heavy (non-hydrogen) atoms. The monoisotopic (exact) mass is 515 g/mol. The summed E-state index contributed by atoms with van der Waals surface area (Å²) in [5.41, 5.74) is 5.39. The SMILES string of the molecule is COc1ccc(-c2csc(N3N=C(c4ccccc4)C(=NCNc4cccc(Cl)c4)C4OC43)n2)cc1. The topological polar surface area (TPSA) is 74.6 Å². The first-order valence-corrected chi connectivity index (χ1v) is 12.7. The van der Waals surface area contributed by atoms with E-state index < -0.39 is 0 Å². The summed E-state index contributed by atoms with van der Waals surface area (Å²) in [7, 11) is 1.66. The van der Waals surface area contributed by atoms with E-state index in [1.54, 1.807) is 7.11 Å². The van der Waals surface area contributed by atoms with Gasteiger partial charge in [-0.3, -0.25) is 4.99 Å². The fourth-order valence-electron chi connectivity index (χ4n) is 4.04. The average Bonchev–Trinajstić information content (AvgIpc) is 3.57. The third-order valence-corrected chi connectivity index (χ3v) is 6.97. The summed E-state index contributed by atoms with van der Waals surface area (Å²) < 4.78 is 11.3. The molecule has 6 rings (SSSR count). The van der Waals surface area contributed by atoms with E-state index in [2.05, 4.69) is 5.32 Å². The first-order valence-electron chi connectivity index (χ1n) is 11.4. The number of hydrogen-bond acceptors (Lipinski definition) is 8. The molecule has 3 heterocycles. The van der Waals surface area contributed by atoms with Gasteiger partial charge in [0.2, 0.25) is 5.13 Å². The Labute approximate surface area is 217 Å². The molecule has 2 aliphatic heterocycles. The van der Waals surface area contributed by atoms with Crippen molar-refractivity contribution in [2.45, 2.75) is 12.3 Å². The first kappa shape index (κ1) is 22.7. The van der Waals surface area contributed by atoms with Crippen LogP contribution in [0.3, 0.4) is 0 Å². The highest BCUT2D eigenvalue weighted by molar-refractivity contribution is 7.14. The highest BCUT2D eigenvalue weighted by Gasteiger charge is 2.53. The van der Waals surface area contributed by atoms with E-state index >= 15 is 0 Å². The average molecular weight is 516 g/mol. The molecule has 0 bridgehead atoms. The van der Waals surface area contributed by atoms with Gasteiger partial charge in [-0.05, 0) is 42.5 Å². The van der Waals surface area contributed by atoms with Crippen LogP contribution in [0.25, 0.3) is 11.3 Å². The molecule has 7 nitrogen and oxygen atoms in total. The van der Waals surface area contributed by atoms with Crippen LogP contribution in [0.2, 0.25) is 5.02 Å². The van der Waals surface area contributed by atoms with Crippen LogP contribution in [-0.4, -0.2) is 42.5 Å². The second-order valence-corrected chi connectivity index (χ2v) is 9.51. The molecule has 2 unspecified atom stereocenters. The van der Waals surface area contributed by atoms with Gasteiger partial charge in [-0.2, -0.15) is 5.10 Å². The van der Waals surface area contributed by atoms with Gasteiger partial charge in [0.15, 0.2) is 12.3 Å². The number of methoxy groups -OCH3 is 1. The van der Waals surface area contributed by atoms with Crippen LogP contribution in [0.1, 0.15) is 5.56 Å². The third kappa shape index (κ3) is 4.58. The molecule has 0 radical (unpaired) electrons. The second kappa shape index (κ2) is 9.73. The van der Waals surface area contributed by atoms with Crippen LogP contribution < -0.4 is 15.1 Å². The Kier molecular flexibility index (Phi) is 6.14. The van der Waals surface area contributed by atoms with E-state index in [0.29, 0.717) is 11.7 Å². The molecular formula is C27H22ClN5O2S. The Balaban J connectivity index is 1.29. The van der Waals surface area contributed by atoms with Gasteiger partial charge in [0.05, 0.1) is 18.5 Å². The molecule has 0 amide bonds. The largest absolute Gasteiger partial charge is 0.497 e. The van der Waals surface area contributed by atoms with Gasteiger partial charge in [0, 0.05) is 27.2 Å². The maximum atomic E-state index is 6.10. The van der Waals surface area contributed by atoms with Crippen molar-refractivity contribution in [3.8, 4) is 17.0 Å². The smallest absolute Gasteiger partial charge is 0.209 e. The lowest BCUT2D eigenvalue weighted by Gasteiger charge is -2.21. The number of hydrogen-bond donors (Lipinski definition) is 1. The van der Waals surface area contributed by atoms with Crippen LogP contribution in [0.4, 0.5) is 10.8 Å². The fourth-order valence-corrected chi connectivity index (χ4v) is 5.04. The summed E-state index contributed by atoms with van der Waals surface area (Å²) in [5, 5.41) is 13.6. The predicted molar refractivity (Wildman–Crippen MR) is 146 cm³/mol. The number of thiazole rings is 1. The lowest BCUT2D eigenvalue weighted by Crippen LogP contribution is -2.37. The van der Waals surface area contributed by atoms with Crippen LogP contribution in [0, 0.1) is 0 Å². The van der Waals surface area contributed by atoms with Crippen molar-refractivity contribution in [2.24, 2.45) is 10.1 Å². The van der Waals surface area contributed by atoms with Crippen molar-refractivity contribution in [1.82, 2.24) is 4.98 Å². The van der Waals surface area contributed by atoms with E-state index in [0.717, 1.165) is 44.8 Å². The molecule has 0 spiro atoms. The summed E-state index contributed by atoms with van der Waals surface area (Å²) in [6.45, 7) is 0.382. The van der Waals surface area contributed by atoms with Gasteiger partial charge < -0.3 is 14.8 Å². The summed E-state index contributed by atoms with van der Waals surface area (Å²) in [5.74, 6) is 0.813. The fraction of sp³-hybridized carbons (Fsp3) is 0.148. The zero-order valence-electron chi connectivity index (χ0n) is 19.3. The van der Waals surface area contributed by atoms with Crippen molar-refractivity contribution in [3.63, 3.8) is 0 Å². The number of nitrogens with one attached hydrogen (secondary N) is 1. The molecule has 2 aliphatic rings. The molecule has 0 saturated carbocycles. The van der Waals surface area contributed by atoms with E-state index in [1.165, 1.54) is 11.3 Å². The number of hydrazone groups is 1. The molecule has 1 N–H and O–H groups in total. The summed E-state index contributed by atoms with van der Waals surface area (Å²) in [6.07, 6.45) is -0.399. The lowest BCUT2D eigenvalue weighted by atomic mass is 10.0. The minimum atomic E-state index is -0.225. The second-order valence-electron chi connectivity index (χ2n) is 8.24. The summed E-state index contributed by atoms with van der Waals surface area (Å²) >= 11 is 7.64. The Morgan fingerprint density at radius 1 is 1.06 bits per heavy atom. The van der Waals surface area contributed by atoms with Crippen molar-refractivity contribution in [2.75, 3.05) is 24.1 Å². The molecule has 4 aromatic rings. The number of nitrogens with zero attached hydrogens (tertiary/aromatic N) is 4. The Morgan fingerprint density at radius 2 is 1.89 bits per heavy atom. The Hall–Kier alpha value is -3.72. The van der Waals surface area contributed by atoms with Crippen LogP contribution in [0.5, 0.6) is 5.75 Å². The van der Waals surface area contributed by atoms with E-state index in [9.17, 15) is 0 Å². The Bertz CT molecular complexity index is 1440. The van der Waals surface area contributed by atoms with Crippen molar-refractivity contribution >= 4 is 45.2 Å². The number of aliphatic imine (C=N–C) groups is 1. The molecule has 3 aromatic carbocycles. The standard InChI is InChI=1S/C27H22ClN5O2S/c1-34-21-12-10-17(11-13-21)22-15-36-27(31-22)33-26-25(35-26)24(23(32-33)18-6-3-2-4-7-18)30-16-29-20-9-5-8-19(28)14-20/h2-15,25-26,29H,16H2,1H3. The number of epoxide rings is 1. The lowest BCUT2D eigenvalue weighted by molar-refractivity contribution is 0.390. The minimum absolute atomic E-state index is 0.174. The van der Waals surface area contributed by atoms with E-state index in [1.807, 2.05) is 89.3 Å². The molecule has 9 heteroatoms. The molecule has 180 valence electrons. The number of aromatic nitrogens is 1. The summed E-state index contributed by atoms with van der Waals surface area (Å²) in [4.78, 5) is 9.69. The van der Waals surface area contributed by atoms with Crippen LogP contribution in [-0.2, 0) is 4.74 Å². The number of ether oxygens (including phenoxy) is 2. The number of rotatable bonds is 7. The quantitative estimate of drug-likeness (QED) is 0.309. The van der Waals surface area contributed by atoms with Crippen molar-refractivity contribution in [3.05, 3.63) is 94.8 Å². The van der Waals surface area contributed by atoms with Crippen molar-refractivity contribution in [1.29, 1.82) is 0 Å². The zero-order valence-corrected chi connectivity index (χ0v) is 20.9. The number of halogens is 1. The van der Waals surface area contributed by atoms with E-state index in [-0.39, 0.29) is 12.3 Å². The number of fused-ring (bicyclic) bond motifs is 1. The molecular weight excluding hydrogens is 494 g/mol. The highest BCUT2D eigenvalue weighted by atomic mass is 35.5. The van der Waals surface area contributed by atoms with Gasteiger partial charge >= 0.3 is 0 Å². The van der Waals surface area contributed by atoms with Crippen molar-refractivity contribution < 1.29 is 9.47 Å². The molecule has 2 atom stereocenters. The molecule has 1 aromatic heterocycles. The predicted octanol–water partition coefficient (Wildman–Crippen LogP) is 5.93. The van der Waals surface area contributed by atoms with Crippen LogP contribution >= 0.6 is 22.9 Å². The van der Waals surface area contributed by atoms with Crippen LogP contribution in [0.15, 0.2) is 94.3 Å². The number of anilines is 2. The van der Waals surface area contributed by atoms with Gasteiger partial charge in [0.1, 0.15) is 18.1 Å². The Morgan fingerprint density at radius 3 is 2.67 bits per heavy atom. The molecule has 0 aliphatic carbocycles. The highest BCUT2D eigenvalue weighted by Crippen LogP contribution is 2.39. The minimum Gasteiger partial charge on any atom is -0.497 e. The first-order chi connectivity index (χ1) is 17.7. The van der Waals surface area contributed by atoms with Gasteiger partial charge in [-0.25, -0.2) is 9.99 Å². The van der Waals surface area contributed by atoms with E-state index in [4.69, 9.17) is 36.2 Å². The van der Waals surface area contributed by atoms with Gasteiger partial charge in [-0.1, -0.05) is 48.0 Å². The number of benzene rings is 3.